The first-order valence-electron chi connectivity index (χ1n) is 7.44. The second-order valence-electron chi connectivity index (χ2n) is 5.47. The van der Waals surface area contributed by atoms with Gasteiger partial charge >= 0.3 is 0 Å². The summed E-state index contributed by atoms with van der Waals surface area (Å²) in [7, 11) is 0. The maximum atomic E-state index is 12.2. The second-order valence-corrected chi connectivity index (χ2v) is 7.95. The molecule has 0 spiro atoms. The summed E-state index contributed by atoms with van der Waals surface area (Å²) in [6.07, 6.45) is 0. The van der Waals surface area contributed by atoms with Crippen molar-refractivity contribution in [2.24, 2.45) is 0 Å². The lowest BCUT2D eigenvalue weighted by Crippen LogP contribution is -2.16. The number of aromatic nitrogens is 2. The Kier molecular flexibility index (Phi) is 4.12. The van der Waals surface area contributed by atoms with E-state index in [0.29, 0.717) is 16.6 Å². The molecule has 1 aliphatic heterocycles. The first-order valence-corrected chi connectivity index (χ1v) is 9.75. The Balaban J connectivity index is 1.93. The molecular weight excluding hydrogens is 362 g/mol. The van der Waals surface area contributed by atoms with Gasteiger partial charge in [0, 0.05) is 10.4 Å². The van der Waals surface area contributed by atoms with Crippen LogP contribution in [0.15, 0.2) is 41.8 Å². The molecule has 4 nitrogen and oxygen atoms in total. The van der Waals surface area contributed by atoms with Crippen LogP contribution in [0.5, 0.6) is 0 Å². The average molecular weight is 376 g/mol. The van der Waals surface area contributed by atoms with Gasteiger partial charge in [0.25, 0.3) is 0 Å². The number of aryl methyl sites for hydroxylation is 1. The van der Waals surface area contributed by atoms with Crippen LogP contribution in [0, 0.1) is 6.92 Å². The Morgan fingerprint density at radius 2 is 2.12 bits per heavy atom. The monoisotopic (exact) mass is 375 g/mol. The van der Waals surface area contributed by atoms with Crippen LogP contribution in [0.3, 0.4) is 0 Å². The molecule has 1 N–H and O–H groups in total. The molecule has 2 aromatic heterocycles. The minimum atomic E-state index is -0.0199. The molecule has 3 heterocycles. The zero-order valence-corrected chi connectivity index (χ0v) is 15.2. The van der Waals surface area contributed by atoms with E-state index in [4.69, 9.17) is 11.6 Å². The van der Waals surface area contributed by atoms with Crippen LogP contribution >= 0.6 is 34.7 Å². The number of nitrogens with one attached hydrogen (secondary N) is 1. The predicted octanol–water partition coefficient (Wildman–Crippen LogP) is 4.67. The minimum absolute atomic E-state index is 0.0199. The number of fused-ring (bicyclic) bond motifs is 1. The second kappa shape index (κ2) is 6.27. The number of nitrogens with zero attached hydrogens (tertiary/aromatic N) is 2. The number of rotatable bonds is 2. The summed E-state index contributed by atoms with van der Waals surface area (Å²) in [5.41, 5.74) is 2.71. The number of carbonyl (C=O) groups excluding carboxylic acids is 1. The fourth-order valence-electron chi connectivity index (χ4n) is 2.85. The fraction of sp³-hybridized carbons (Fsp3) is 0.176. The number of amides is 1. The summed E-state index contributed by atoms with van der Waals surface area (Å²) in [6.45, 7) is 1.98. The lowest BCUT2D eigenvalue weighted by Gasteiger charge is -2.13. The largest absolute Gasteiger partial charge is 0.310 e. The summed E-state index contributed by atoms with van der Waals surface area (Å²) in [5.74, 6) is 1.11. The molecule has 7 heteroatoms. The van der Waals surface area contributed by atoms with Crippen LogP contribution in [0.4, 0.5) is 5.82 Å². The third kappa shape index (κ3) is 2.64. The van der Waals surface area contributed by atoms with Crippen molar-refractivity contribution >= 4 is 46.4 Å². The van der Waals surface area contributed by atoms with Crippen molar-refractivity contribution in [2.45, 2.75) is 12.2 Å². The Labute approximate surface area is 152 Å². The molecule has 1 aliphatic rings. The third-order valence-corrected chi connectivity index (χ3v) is 6.55. The maximum Gasteiger partial charge on any atom is 0.235 e. The van der Waals surface area contributed by atoms with Crippen molar-refractivity contribution in [3.8, 4) is 5.69 Å². The SMILES string of the molecule is Cc1nn(-c2ccccc2Cl)c2c1[C@H](c1cccs1)SCC(=O)N2. The number of hydrogen-bond donors (Lipinski definition) is 1. The number of para-hydroxylation sites is 1. The molecule has 1 amide bonds. The topological polar surface area (TPSA) is 46.9 Å². The van der Waals surface area contributed by atoms with Gasteiger partial charge in [-0.15, -0.1) is 23.1 Å². The number of benzene rings is 1. The molecule has 0 fully saturated rings. The third-order valence-electron chi connectivity index (χ3n) is 3.89. The van der Waals surface area contributed by atoms with E-state index in [0.717, 1.165) is 16.9 Å². The molecule has 0 saturated heterocycles. The molecule has 122 valence electrons. The highest BCUT2D eigenvalue weighted by Crippen LogP contribution is 2.45. The standard InChI is InChI=1S/C17H14ClN3OS2/c1-10-15-16(13-7-4-8-23-13)24-9-14(22)19-17(15)21(20-10)12-6-3-2-5-11(12)18/h2-8,16H,9H2,1H3,(H,19,22)/t16-/m0/s1. The van der Waals surface area contributed by atoms with Crippen LogP contribution < -0.4 is 5.32 Å². The number of thioether (sulfide) groups is 1. The molecular formula is C17H14ClN3OS2. The summed E-state index contributed by atoms with van der Waals surface area (Å²) in [4.78, 5) is 13.5. The van der Waals surface area contributed by atoms with Crippen LogP contribution in [0.25, 0.3) is 5.69 Å². The predicted molar refractivity (Wildman–Crippen MR) is 101 cm³/mol. The number of halogens is 1. The van der Waals surface area contributed by atoms with E-state index in [1.807, 2.05) is 37.3 Å². The first kappa shape index (κ1) is 15.7. The molecule has 24 heavy (non-hydrogen) atoms. The van der Waals surface area contributed by atoms with Crippen molar-refractivity contribution in [3.63, 3.8) is 0 Å². The van der Waals surface area contributed by atoms with Gasteiger partial charge in [-0.1, -0.05) is 29.8 Å². The Hall–Kier alpha value is -1.76. The molecule has 0 radical (unpaired) electrons. The van der Waals surface area contributed by atoms with Crippen LogP contribution in [0.2, 0.25) is 5.02 Å². The van der Waals surface area contributed by atoms with E-state index in [-0.39, 0.29) is 11.2 Å². The summed E-state index contributed by atoms with van der Waals surface area (Å²) < 4.78 is 1.75. The average Bonchev–Trinajstić information content (AvgIpc) is 3.15. The van der Waals surface area contributed by atoms with Crippen LogP contribution in [-0.2, 0) is 4.79 Å². The normalized spacial score (nSPS) is 17.2. The molecule has 0 bridgehead atoms. The molecule has 0 aliphatic carbocycles. The van der Waals surface area contributed by atoms with Gasteiger partial charge in [0.05, 0.1) is 27.4 Å². The summed E-state index contributed by atoms with van der Waals surface area (Å²) in [5, 5.41) is 10.4. The van der Waals surface area contributed by atoms with E-state index in [9.17, 15) is 4.79 Å². The number of anilines is 1. The summed E-state index contributed by atoms with van der Waals surface area (Å²) >= 11 is 9.68. The molecule has 0 unspecified atom stereocenters. The maximum absolute atomic E-state index is 12.2. The number of hydrogen-bond acceptors (Lipinski definition) is 4. The highest BCUT2D eigenvalue weighted by molar-refractivity contribution is 8.00. The highest BCUT2D eigenvalue weighted by Gasteiger charge is 2.31. The van der Waals surface area contributed by atoms with Gasteiger partial charge in [-0.3, -0.25) is 4.79 Å². The van der Waals surface area contributed by atoms with Gasteiger partial charge in [0.1, 0.15) is 5.82 Å². The van der Waals surface area contributed by atoms with Crippen molar-refractivity contribution in [3.05, 3.63) is 62.9 Å². The van der Waals surface area contributed by atoms with Crippen LogP contribution in [0.1, 0.15) is 21.4 Å². The number of thiophene rings is 1. The van der Waals surface area contributed by atoms with Gasteiger partial charge in [0.15, 0.2) is 0 Å². The van der Waals surface area contributed by atoms with Gasteiger partial charge < -0.3 is 5.32 Å². The van der Waals surface area contributed by atoms with E-state index < -0.39 is 0 Å². The van der Waals surface area contributed by atoms with E-state index in [1.54, 1.807) is 27.8 Å². The molecule has 3 aromatic rings. The van der Waals surface area contributed by atoms with Gasteiger partial charge in [-0.2, -0.15) is 5.10 Å². The molecule has 4 rings (SSSR count). The van der Waals surface area contributed by atoms with E-state index >= 15 is 0 Å². The van der Waals surface area contributed by atoms with Gasteiger partial charge in [0.2, 0.25) is 5.91 Å². The lowest BCUT2D eigenvalue weighted by molar-refractivity contribution is -0.113. The van der Waals surface area contributed by atoms with E-state index in [1.165, 1.54) is 4.88 Å². The Morgan fingerprint density at radius 3 is 2.88 bits per heavy atom. The van der Waals surface area contributed by atoms with Gasteiger partial charge in [-0.25, -0.2) is 4.68 Å². The Bertz CT molecular complexity index is 905. The zero-order valence-electron chi connectivity index (χ0n) is 12.8. The molecule has 1 aromatic carbocycles. The van der Waals surface area contributed by atoms with Crippen molar-refractivity contribution in [1.82, 2.24) is 9.78 Å². The van der Waals surface area contributed by atoms with Crippen molar-refractivity contribution in [2.75, 3.05) is 11.1 Å². The first-order chi connectivity index (χ1) is 11.6. The smallest absolute Gasteiger partial charge is 0.235 e. The van der Waals surface area contributed by atoms with E-state index in [2.05, 4.69) is 21.9 Å². The zero-order chi connectivity index (χ0) is 16.7. The van der Waals surface area contributed by atoms with Crippen molar-refractivity contribution < 1.29 is 4.79 Å². The quantitative estimate of drug-likeness (QED) is 0.708. The summed E-state index contributed by atoms with van der Waals surface area (Å²) in [6, 6.07) is 11.7. The van der Waals surface area contributed by atoms with Gasteiger partial charge in [-0.05, 0) is 30.5 Å². The lowest BCUT2D eigenvalue weighted by atomic mass is 10.1. The highest BCUT2D eigenvalue weighted by atomic mass is 35.5. The Morgan fingerprint density at radius 1 is 1.29 bits per heavy atom. The molecule has 1 atom stereocenters. The molecule has 0 saturated carbocycles. The fourth-order valence-corrected chi connectivity index (χ4v) is 5.23. The van der Waals surface area contributed by atoms with Crippen molar-refractivity contribution in [1.29, 1.82) is 0 Å². The van der Waals surface area contributed by atoms with Crippen LogP contribution in [-0.4, -0.2) is 21.4 Å². The number of carbonyl (C=O) groups is 1. The minimum Gasteiger partial charge on any atom is -0.310 e.